The number of nitrogens with two attached hydrogens (primary N) is 1. The van der Waals surface area contributed by atoms with Crippen molar-refractivity contribution in [3.63, 3.8) is 0 Å². The third-order valence-electron chi connectivity index (χ3n) is 5.64. The molecular formula is C23H23N7O. The Labute approximate surface area is 179 Å². The number of carbonyl (C=O) groups is 1. The summed E-state index contributed by atoms with van der Waals surface area (Å²) >= 11 is 0. The van der Waals surface area contributed by atoms with Gasteiger partial charge >= 0.3 is 0 Å². The van der Waals surface area contributed by atoms with Gasteiger partial charge in [0.25, 0.3) is 5.91 Å². The number of hydrogen-bond donors (Lipinski definition) is 3. The van der Waals surface area contributed by atoms with E-state index in [2.05, 4.69) is 25.0 Å². The number of nitrogen functional groups attached to an aromatic ring is 1. The molecule has 0 atom stereocenters. The van der Waals surface area contributed by atoms with Crippen LogP contribution in [0.25, 0.3) is 16.8 Å². The Hall–Kier alpha value is -3.78. The number of piperidine rings is 1. The van der Waals surface area contributed by atoms with Gasteiger partial charge in [-0.15, -0.1) is 0 Å². The smallest absolute Gasteiger partial charge is 0.256 e. The lowest BCUT2D eigenvalue weighted by molar-refractivity contribution is 0.102. The normalized spacial score (nSPS) is 14.6. The number of fused-ring (bicyclic) bond motifs is 1. The summed E-state index contributed by atoms with van der Waals surface area (Å²) in [6.45, 7) is 1.96. The highest BCUT2D eigenvalue weighted by atomic mass is 16.1. The molecule has 0 bridgehead atoms. The maximum Gasteiger partial charge on any atom is 0.256 e. The molecule has 3 aromatic heterocycles. The zero-order valence-corrected chi connectivity index (χ0v) is 17.0. The molecule has 0 radical (unpaired) electrons. The van der Waals surface area contributed by atoms with Gasteiger partial charge in [-0.3, -0.25) is 9.20 Å². The molecule has 31 heavy (non-hydrogen) atoms. The van der Waals surface area contributed by atoms with E-state index in [1.165, 1.54) is 0 Å². The van der Waals surface area contributed by atoms with Crippen LogP contribution < -0.4 is 16.4 Å². The minimum Gasteiger partial charge on any atom is -0.382 e. The Morgan fingerprint density at radius 2 is 1.87 bits per heavy atom. The average Bonchev–Trinajstić information content (AvgIpc) is 3.21. The molecule has 4 N–H and O–H groups in total. The second kappa shape index (κ2) is 8.16. The molecule has 0 spiro atoms. The first kappa shape index (κ1) is 19.2. The highest BCUT2D eigenvalue weighted by Crippen LogP contribution is 2.33. The summed E-state index contributed by atoms with van der Waals surface area (Å²) in [4.78, 5) is 25.9. The molecule has 0 unspecified atom stereocenters. The van der Waals surface area contributed by atoms with Gasteiger partial charge in [0.15, 0.2) is 0 Å². The van der Waals surface area contributed by atoms with E-state index < -0.39 is 0 Å². The number of benzene rings is 1. The van der Waals surface area contributed by atoms with Crippen LogP contribution in [0.5, 0.6) is 0 Å². The third-order valence-corrected chi connectivity index (χ3v) is 5.64. The third kappa shape index (κ3) is 3.73. The standard InChI is InChI=1S/C23H23N7O/c24-21-20-19(29-22(30(20)14-13-27-21)16-8-11-25-12-9-16)15-4-6-17(7-5-15)23(31)28-18-3-1-2-10-26-18/h1-7,10,13-14,16,25H,8-9,11-12H2,(H2,24,27)(H,26,28,31). The van der Waals surface area contributed by atoms with Crippen LogP contribution in [0.3, 0.4) is 0 Å². The molecule has 1 aromatic carbocycles. The van der Waals surface area contributed by atoms with E-state index in [1.54, 1.807) is 36.7 Å². The summed E-state index contributed by atoms with van der Waals surface area (Å²) in [6, 6.07) is 12.8. The first-order chi connectivity index (χ1) is 15.2. The lowest BCUT2D eigenvalue weighted by atomic mass is 9.97. The summed E-state index contributed by atoms with van der Waals surface area (Å²) in [5.41, 5.74) is 9.28. The van der Waals surface area contributed by atoms with Gasteiger partial charge in [-0.05, 0) is 50.2 Å². The van der Waals surface area contributed by atoms with Crippen molar-refractivity contribution in [3.8, 4) is 11.3 Å². The number of aromatic nitrogens is 4. The summed E-state index contributed by atoms with van der Waals surface area (Å²) < 4.78 is 2.06. The molecule has 4 aromatic rings. The fraction of sp³-hybridized carbons (Fsp3) is 0.217. The Balaban J connectivity index is 1.48. The van der Waals surface area contributed by atoms with Crippen molar-refractivity contribution < 1.29 is 4.79 Å². The molecule has 8 heteroatoms. The molecule has 1 fully saturated rings. The predicted molar refractivity (Wildman–Crippen MR) is 120 cm³/mol. The lowest BCUT2D eigenvalue weighted by Crippen LogP contribution is -2.27. The zero-order chi connectivity index (χ0) is 21.2. The van der Waals surface area contributed by atoms with Crippen LogP contribution in [-0.2, 0) is 0 Å². The highest BCUT2D eigenvalue weighted by Gasteiger charge is 2.24. The molecule has 1 saturated heterocycles. The second-order valence-electron chi connectivity index (χ2n) is 7.62. The van der Waals surface area contributed by atoms with E-state index in [4.69, 9.17) is 10.7 Å². The maximum atomic E-state index is 12.5. The maximum absolute atomic E-state index is 12.5. The molecule has 4 heterocycles. The number of hydrogen-bond acceptors (Lipinski definition) is 6. The predicted octanol–water partition coefficient (Wildman–Crippen LogP) is 3.09. The van der Waals surface area contributed by atoms with Crippen molar-refractivity contribution in [1.29, 1.82) is 0 Å². The molecule has 5 rings (SSSR count). The van der Waals surface area contributed by atoms with Crippen LogP contribution in [0.1, 0.15) is 34.9 Å². The van der Waals surface area contributed by atoms with Gasteiger partial charge < -0.3 is 16.4 Å². The Bertz CT molecular complexity index is 1210. The number of anilines is 2. The second-order valence-corrected chi connectivity index (χ2v) is 7.62. The summed E-state index contributed by atoms with van der Waals surface area (Å²) in [5.74, 6) is 2.13. The summed E-state index contributed by atoms with van der Waals surface area (Å²) in [7, 11) is 0. The van der Waals surface area contributed by atoms with Crippen molar-refractivity contribution in [2.24, 2.45) is 0 Å². The monoisotopic (exact) mass is 413 g/mol. The largest absolute Gasteiger partial charge is 0.382 e. The molecule has 1 amide bonds. The number of nitrogens with zero attached hydrogens (tertiary/aromatic N) is 4. The van der Waals surface area contributed by atoms with E-state index in [1.807, 2.05) is 24.4 Å². The fourth-order valence-electron chi connectivity index (χ4n) is 4.06. The minimum absolute atomic E-state index is 0.212. The van der Waals surface area contributed by atoms with E-state index in [0.717, 1.165) is 48.5 Å². The van der Waals surface area contributed by atoms with Crippen LogP contribution in [0, 0.1) is 0 Å². The van der Waals surface area contributed by atoms with Gasteiger partial charge in [-0.25, -0.2) is 15.0 Å². The number of imidazole rings is 1. The van der Waals surface area contributed by atoms with Crippen molar-refractivity contribution in [3.05, 3.63) is 72.4 Å². The van der Waals surface area contributed by atoms with Crippen molar-refractivity contribution >= 4 is 23.1 Å². The SMILES string of the molecule is Nc1nccn2c(C3CCNCC3)nc(-c3ccc(C(=O)Nc4ccccn4)cc3)c12. The Morgan fingerprint density at radius 3 is 2.61 bits per heavy atom. The number of nitrogens with one attached hydrogen (secondary N) is 2. The van der Waals surface area contributed by atoms with Crippen molar-refractivity contribution in [2.45, 2.75) is 18.8 Å². The van der Waals surface area contributed by atoms with Gasteiger partial charge in [0, 0.05) is 35.6 Å². The fourth-order valence-corrected chi connectivity index (χ4v) is 4.06. The van der Waals surface area contributed by atoms with Crippen LogP contribution in [0.4, 0.5) is 11.6 Å². The molecule has 156 valence electrons. The first-order valence-electron chi connectivity index (χ1n) is 10.4. The van der Waals surface area contributed by atoms with Gasteiger partial charge in [-0.2, -0.15) is 0 Å². The first-order valence-corrected chi connectivity index (χ1v) is 10.4. The highest BCUT2D eigenvalue weighted by molar-refractivity contribution is 6.04. The Kier molecular flexibility index (Phi) is 5.05. The van der Waals surface area contributed by atoms with E-state index in [9.17, 15) is 4.79 Å². The zero-order valence-electron chi connectivity index (χ0n) is 17.0. The van der Waals surface area contributed by atoms with Crippen molar-refractivity contribution in [1.82, 2.24) is 24.7 Å². The van der Waals surface area contributed by atoms with E-state index in [-0.39, 0.29) is 5.91 Å². The molecule has 8 nitrogen and oxygen atoms in total. The van der Waals surface area contributed by atoms with Crippen molar-refractivity contribution in [2.75, 3.05) is 24.1 Å². The molecule has 0 saturated carbocycles. The minimum atomic E-state index is -0.212. The molecular weight excluding hydrogens is 390 g/mol. The quantitative estimate of drug-likeness (QED) is 0.474. The van der Waals surface area contributed by atoms with E-state index in [0.29, 0.717) is 23.1 Å². The molecule has 1 aliphatic heterocycles. The van der Waals surface area contributed by atoms with Crippen LogP contribution in [0.15, 0.2) is 61.1 Å². The summed E-state index contributed by atoms with van der Waals surface area (Å²) in [6.07, 6.45) is 7.35. The number of amides is 1. The Morgan fingerprint density at radius 1 is 1.06 bits per heavy atom. The number of carbonyl (C=O) groups excluding carboxylic acids is 1. The van der Waals surface area contributed by atoms with E-state index >= 15 is 0 Å². The van der Waals surface area contributed by atoms with Crippen LogP contribution >= 0.6 is 0 Å². The lowest BCUT2D eigenvalue weighted by Gasteiger charge is -2.21. The van der Waals surface area contributed by atoms with Crippen LogP contribution in [-0.4, -0.2) is 38.3 Å². The molecule has 0 aliphatic carbocycles. The van der Waals surface area contributed by atoms with Gasteiger partial charge in [0.05, 0.1) is 0 Å². The van der Waals surface area contributed by atoms with Gasteiger partial charge in [-0.1, -0.05) is 18.2 Å². The van der Waals surface area contributed by atoms with Gasteiger partial charge in [0.2, 0.25) is 0 Å². The molecule has 1 aliphatic rings. The van der Waals surface area contributed by atoms with Gasteiger partial charge in [0.1, 0.15) is 28.7 Å². The number of rotatable bonds is 4. The average molecular weight is 413 g/mol. The van der Waals surface area contributed by atoms with Crippen LogP contribution in [0.2, 0.25) is 0 Å². The summed E-state index contributed by atoms with van der Waals surface area (Å²) in [5, 5.41) is 6.20. The number of pyridine rings is 1. The topological polar surface area (TPSA) is 110 Å².